The first kappa shape index (κ1) is 19.6. The average molecular weight is 387 g/mol. The van der Waals surface area contributed by atoms with E-state index in [4.69, 9.17) is 22.1 Å². The number of hydrogen-bond donors (Lipinski definition) is 2. The van der Waals surface area contributed by atoms with Gasteiger partial charge in [0, 0.05) is 18.6 Å². The Morgan fingerprint density at radius 2 is 1.81 bits per heavy atom. The van der Waals surface area contributed by atoms with Crippen LogP contribution in [-0.4, -0.2) is 25.0 Å². The number of carbonyl (C=O) groups is 2. The summed E-state index contributed by atoms with van der Waals surface area (Å²) < 4.78 is 45.3. The Morgan fingerprint density at radius 3 is 2.31 bits per heavy atom. The molecule has 0 aliphatic carbocycles. The van der Waals surface area contributed by atoms with Gasteiger partial charge in [0.05, 0.1) is 12.1 Å². The zero-order chi connectivity index (χ0) is 19.4. The van der Waals surface area contributed by atoms with Crippen molar-refractivity contribution in [3.63, 3.8) is 0 Å². The third-order valence-corrected chi connectivity index (χ3v) is 3.83. The zero-order valence-electron chi connectivity index (χ0n) is 13.5. The molecule has 0 saturated heterocycles. The van der Waals surface area contributed by atoms with Crippen molar-refractivity contribution in [2.24, 2.45) is 5.73 Å². The van der Waals surface area contributed by atoms with E-state index in [2.05, 4.69) is 5.32 Å². The first-order chi connectivity index (χ1) is 12.2. The lowest BCUT2D eigenvalue weighted by Crippen LogP contribution is -2.46. The normalized spacial score (nSPS) is 11.7. The minimum absolute atomic E-state index is 0.0742. The van der Waals surface area contributed by atoms with Crippen molar-refractivity contribution in [3.8, 4) is 5.75 Å². The Hall–Kier alpha value is -2.74. The van der Waals surface area contributed by atoms with Gasteiger partial charge in [-0.3, -0.25) is 9.59 Å². The number of rotatable bonds is 6. The SMILES string of the molecule is COc1ccc(C[C@@H](NC(=O)c2c(F)cc(F)cc2F)C(N)=O)cc1Cl. The summed E-state index contributed by atoms with van der Waals surface area (Å²) in [5, 5.41) is 2.41. The van der Waals surface area contributed by atoms with Gasteiger partial charge in [-0.05, 0) is 17.7 Å². The number of ether oxygens (including phenoxy) is 1. The zero-order valence-corrected chi connectivity index (χ0v) is 14.2. The molecule has 0 fully saturated rings. The Morgan fingerprint density at radius 1 is 1.19 bits per heavy atom. The van der Waals surface area contributed by atoms with Gasteiger partial charge in [-0.25, -0.2) is 13.2 Å². The molecular weight excluding hydrogens is 373 g/mol. The Balaban J connectivity index is 2.22. The van der Waals surface area contributed by atoms with E-state index in [1.54, 1.807) is 12.1 Å². The number of carbonyl (C=O) groups excluding carboxylic acids is 2. The van der Waals surface area contributed by atoms with Crippen molar-refractivity contribution in [1.29, 1.82) is 0 Å². The number of primary amides is 1. The average Bonchev–Trinajstić information content (AvgIpc) is 2.53. The third kappa shape index (κ3) is 4.45. The van der Waals surface area contributed by atoms with Crippen LogP contribution in [0.2, 0.25) is 5.02 Å². The van der Waals surface area contributed by atoms with Gasteiger partial charge in [0.1, 0.15) is 34.8 Å². The highest BCUT2D eigenvalue weighted by Crippen LogP contribution is 2.25. The first-order valence-electron chi connectivity index (χ1n) is 7.30. The molecule has 0 aliphatic rings. The highest BCUT2D eigenvalue weighted by atomic mass is 35.5. The molecule has 1 atom stereocenters. The highest BCUT2D eigenvalue weighted by Gasteiger charge is 2.24. The number of halogens is 4. The number of methoxy groups -OCH3 is 1. The van der Waals surface area contributed by atoms with Crippen molar-refractivity contribution >= 4 is 23.4 Å². The molecule has 2 rings (SSSR count). The van der Waals surface area contributed by atoms with Gasteiger partial charge >= 0.3 is 0 Å². The molecule has 0 bridgehead atoms. The van der Waals surface area contributed by atoms with Crippen LogP contribution in [0.4, 0.5) is 13.2 Å². The lowest BCUT2D eigenvalue weighted by Gasteiger charge is -2.17. The van der Waals surface area contributed by atoms with Crippen molar-refractivity contribution in [2.45, 2.75) is 12.5 Å². The molecule has 0 saturated carbocycles. The monoisotopic (exact) mass is 386 g/mol. The molecule has 0 aliphatic heterocycles. The van der Waals surface area contributed by atoms with E-state index < -0.39 is 40.9 Å². The van der Waals surface area contributed by atoms with Crippen molar-refractivity contribution in [3.05, 3.63) is 63.9 Å². The molecule has 9 heteroatoms. The van der Waals surface area contributed by atoms with Gasteiger partial charge in [0.15, 0.2) is 0 Å². The quantitative estimate of drug-likeness (QED) is 0.800. The van der Waals surface area contributed by atoms with E-state index in [1.165, 1.54) is 13.2 Å². The Labute approximate surface area is 151 Å². The van der Waals surface area contributed by atoms with Crippen LogP contribution in [0.1, 0.15) is 15.9 Å². The second-order valence-corrected chi connectivity index (χ2v) is 5.75. The first-order valence-corrected chi connectivity index (χ1v) is 7.68. The van der Waals surface area contributed by atoms with Crippen LogP contribution >= 0.6 is 11.6 Å². The van der Waals surface area contributed by atoms with Crippen LogP contribution in [0, 0.1) is 17.5 Å². The number of amides is 2. The standard InChI is InChI=1S/C17H14ClF3N2O3/c1-26-14-3-2-8(4-10(14)18)5-13(16(22)24)23-17(25)15-11(20)6-9(19)7-12(15)21/h2-4,6-7,13H,5H2,1H3,(H2,22,24)(H,23,25)/t13-/m1/s1. The van der Waals surface area contributed by atoms with Gasteiger partial charge < -0.3 is 15.8 Å². The largest absolute Gasteiger partial charge is 0.495 e. The molecule has 2 aromatic carbocycles. The summed E-state index contributed by atoms with van der Waals surface area (Å²) in [5.74, 6) is -5.70. The molecule has 2 aromatic rings. The highest BCUT2D eigenvalue weighted by molar-refractivity contribution is 6.32. The maximum atomic E-state index is 13.7. The van der Waals surface area contributed by atoms with Crippen LogP contribution in [0.5, 0.6) is 5.75 Å². The Kier molecular flexibility index (Phi) is 6.10. The van der Waals surface area contributed by atoms with Gasteiger partial charge in [0.2, 0.25) is 5.91 Å². The molecule has 0 aromatic heterocycles. The fraction of sp³-hybridized carbons (Fsp3) is 0.176. The fourth-order valence-electron chi connectivity index (χ4n) is 2.28. The Bertz CT molecular complexity index is 838. The lowest BCUT2D eigenvalue weighted by atomic mass is 10.0. The van der Waals surface area contributed by atoms with Crippen molar-refractivity contribution < 1.29 is 27.5 Å². The number of benzene rings is 2. The predicted molar refractivity (Wildman–Crippen MR) is 88.5 cm³/mol. The van der Waals surface area contributed by atoms with Gasteiger partial charge in [-0.2, -0.15) is 0 Å². The van der Waals surface area contributed by atoms with Crippen LogP contribution in [-0.2, 0) is 11.2 Å². The number of hydrogen-bond acceptors (Lipinski definition) is 3. The van der Waals surface area contributed by atoms with Gasteiger partial charge in [-0.1, -0.05) is 17.7 Å². The van der Waals surface area contributed by atoms with E-state index in [-0.39, 0.29) is 11.4 Å². The van der Waals surface area contributed by atoms with Crippen molar-refractivity contribution in [2.75, 3.05) is 7.11 Å². The van der Waals surface area contributed by atoms with Crippen LogP contribution in [0.25, 0.3) is 0 Å². The minimum atomic E-state index is -1.39. The number of nitrogens with two attached hydrogens (primary N) is 1. The van der Waals surface area contributed by atoms with Gasteiger partial charge in [0.25, 0.3) is 5.91 Å². The van der Waals surface area contributed by atoms with E-state index >= 15 is 0 Å². The number of nitrogens with one attached hydrogen (secondary N) is 1. The third-order valence-electron chi connectivity index (χ3n) is 3.54. The summed E-state index contributed by atoms with van der Waals surface area (Å²) in [4.78, 5) is 23.7. The molecule has 0 spiro atoms. The van der Waals surface area contributed by atoms with Crippen LogP contribution in [0.3, 0.4) is 0 Å². The summed E-state index contributed by atoms with van der Waals surface area (Å²) in [7, 11) is 1.43. The molecule has 5 nitrogen and oxygen atoms in total. The molecule has 3 N–H and O–H groups in total. The van der Waals surface area contributed by atoms with E-state index in [0.717, 1.165) is 0 Å². The van der Waals surface area contributed by atoms with Crippen LogP contribution in [0.15, 0.2) is 30.3 Å². The van der Waals surface area contributed by atoms with Crippen LogP contribution < -0.4 is 15.8 Å². The maximum Gasteiger partial charge on any atom is 0.257 e. The summed E-state index contributed by atoms with van der Waals surface area (Å²) in [5.41, 5.74) is 4.77. The van der Waals surface area contributed by atoms with E-state index in [1.807, 2.05) is 0 Å². The second kappa shape index (κ2) is 8.09. The summed E-state index contributed by atoms with van der Waals surface area (Å²) in [6.07, 6.45) is -0.0742. The molecule has 26 heavy (non-hydrogen) atoms. The molecular formula is C17H14ClF3N2O3. The molecule has 138 valence electrons. The second-order valence-electron chi connectivity index (χ2n) is 5.35. The summed E-state index contributed by atoms with van der Waals surface area (Å²) in [6, 6.07) is 4.10. The molecule has 0 heterocycles. The maximum absolute atomic E-state index is 13.7. The minimum Gasteiger partial charge on any atom is -0.495 e. The lowest BCUT2D eigenvalue weighted by molar-refractivity contribution is -0.119. The van der Waals surface area contributed by atoms with E-state index in [9.17, 15) is 22.8 Å². The summed E-state index contributed by atoms with van der Waals surface area (Å²) >= 11 is 5.99. The summed E-state index contributed by atoms with van der Waals surface area (Å²) in [6.45, 7) is 0. The predicted octanol–water partition coefficient (Wildman–Crippen LogP) is 2.59. The smallest absolute Gasteiger partial charge is 0.257 e. The fourth-order valence-corrected chi connectivity index (χ4v) is 2.57. The van der Waals surface area contributed by atoms with Crippen molar-refractivity contribution in [1.82, 2.24) is 5.32 Å². The topological polar surface area (TPSA) is 81.4 Å². The van der Waals surface area contributed by atoms with E-state index in [0.29, 0.717) is 23.4 Å². The molecule has 0 unspecified atom stereocenters. The molecule has 2 amide bonds. The van der Waals surface area contributed by atoms with Gasteiger partial charge in [-0.15, -0.1) is 0 Å². The molecule has 0 radical (unpaired) electrons.